The Morgan fingerprint density at radius 2 is 1.58 bits per heavy atom. The van der Waals surface area contributed by atoms with Crippen LogP contribution in [-0.4, -0.2) is 21.2 Å². The number of nitrogens with one attached hydrogen (secondary N) is 2. The summed E-state index contributed by atoms with van der Waals surface area (Å²) in [5, 5.41) is 5.07. The molecule has 0 bridgehead atoms. The minimum absolute atomic E-state index is 0.481. The number of carbonyl (C=O) groups is 2. The molecule has 101 valence electrons. The first-order valence-corrected chi connectivity index (χ1v) is 7.89. The second-order valence-electron chi connectivity index (χ2n) is 3.70. The molecule has 1 radical (unpaired) electrons. The molecule has 0 aliphatic heterocycles. The highest BCUT2D eigenvalue weighted by Crippen LogP contribution is 2.14. The van der Waals surface area contributed by atoms with E-state index < -0.39 is 21.2 Å². The zero-order valence-electron chi connectivity index (χ0n) is 10.7. The molecule has 19 heavy (non-hydrogen) atoms. The Kier molecular flexibility index (Phi) is 5.61. The molecule has 0 spiro atoms. The lowest BCUT2D eigenvalue weighted by molar-refractivity contribution is 0.201. The molecule has 6 nitrogen and oxygen atoms in total. The van der Waals surface area contributed by atoms with Crippen LogP contribution < -0.4 is 10.6 Å². The Balaban J connectivity index is 2.54. The zero-order valence-corrected chi connectivity index (χ0v) is 11.7. The molecule has 0 saturated carbocycles. The lowest BCUT2D eigenvalue weighted by Gasteiger charge is -2.09. The first kappa shape index (κ1) is 14.8. The van der Waals surface area contributed by atoms with E-state index in [2.05, 4.69) is 21.9 Å². The van der Waals surface area contributed by atoms with Crippen molar-refractivity contribution in [3.63, 3.8) is 0 Å². The average Bonchev–Trinajstić information content (AvgIpc) is 2.31. The fourth-order valence-electron chi connectivity index (χ4n) is 1.19. The molecular formula is C12H15N2O4Si. The van der Waals surface area contributed by atoms with Gasteiger partial charge in [0.25, 0.3) is 9.04 Å². The van der Waals surface area contributed by atoms with Gasteiger partial charge in [-0.1, -0.05) is 6.58 Å². The van der Waals surface area contributed by atoms with Gasteiger partial charge in [-0.2, -0.15) is 0 Å². The Morgan fingerprint density at radius 1 is 1.11 bits per heavy atom. The van der Waals surface area contributed by atoms with E-state index in [1.807, 2.05) is 13.1 Å². The van der Waals surface area contributed by atoms with E-state index in [1.54, 1.807) is 24.3 Å². The molecule has 0 aliphatic carbocycles. The second-order valence-corrected chi connectivity index (χ2v) is 5.72. The summed E-state index contributed by atoms with van der Waals surface area (Å²) in [6, 6.07) is 6.54. The van der Waals surface area contributed by atoms with Crippen LogP contribution in [0, 0.1) is 0 Å². The van der Waals surface area contributed by atoms with Crippen LogP contribution in [0.5, 0.6) is 0 Å². The second kappa shape index (κ2) is 7.22. The van der Waals surface area contributed by atoms with Gasteiger partial charge in [-0.15, -0.1) is 0 Å². The lowest BCUT2D eigenvalue weighted by Crippen LogP contribution is -2.20. The van der Waals surface area contributed by atoms with Gasteiger partial charge < -0.3 is 9.16 Å². The minimum atomic E-state index is -1.08. The normalized spacial score (nSPS) is 9.63. The number of anilines is 2. The van der Waals surface area contributed by atoms with Gasteiger partial charge in [-0.3, -0.25) is 10.6 Å². The van der Waals surface area contributed by atoms with Crippen LogP contribution in [0.25, 0.3) is 0 Å². The van der Waals surface area contributed by atoms with Crippen LogP contribution in [0.4, 0.5) is 21.0 Å². The van der Waals surface area contributed by atoms with E-state index in [0.29, 0.717) is 11.4 Å². The molecule has 0 heterocycles. The minimum Gasteiger partial charge on any atom is -0.502 e. The first-order chi connectivity index (χ1) is 9.01. The van der Waals surface area contributed by atoms with Crippen molar-refractivity contribution in [2.75, 3.05) is 10.6 Å². The van der Waals surface area contributed by atoms with Crippen molar-refractivity contribution in [3.8, 4) is 0 Å². The standard InChI is InChI=1S/C12H15N2O4Si/c1-4-17-11(15)13-9-5-7-10(8-6-9)14-12(16)18-19(2)3/h4-8H,1H2,2-3H3,(H,13,15)(H,14,16). The third-order valence-electron chi connectivity index (χ3n) is 1.86. The van der Waals surface area contributed by atoms with E-state index in [-0.39, 0.29) is 0 Å². The van der Waals surface area contributed by atoms with Crippen LogP contribution in [0.1, 0.15) is 0 Å². The fourth-order valence-corrected chi connectivity index (χ4v) is 1.61. The van der Waals surface area contributed by atoms with Crippen molar-refractivity contribution in [3.05, 3.63) is 37.1 Å². The fraction of sp³-hybridized carbons (Fsp3) is 0.167. The van der Waals surface area contributed by atoms with Crippen molar-refractivity contribution < 1.29 is 18.8 Å². The summed E-state index contributed by atoms with van der Waals surface area (Å²) in [5.41, 5.74) is 1.12. The summed E-state index contributed by atoms with van der Waals surface area (Å²) in [4.78, 5) is 22.5. The molecule has 0 aromatic heterocycles. The van der Waals surface area contributed by atoms with Crippen molar-refractivity contribution in [1.29, 1.82) is 0 Å². The summed E-state index contributed by atoms with van der Waals surface area (Å²) < 4.78 is 9.54. The predicted octanol–water partition coefficient (Wildman–Crippen LogP) is 3.18. The third kappa shape index (κ3) is 5.73. The molecule has 2 amide bonds. The maximum Gasteiger partial charge on any atom is 0.416 e. The van der Waals surface area contributed by atoms with Crippen LogP contribution in [0.2, 0.25) is 13.1 Å². The van der Waals surface area contributed by atoms with Gasteiger partial charge >= 0.3 is 12.2 Å². The highest BCUT2D eigenvalue weighted by Gasteiger charge is 2.07. The largest absolute Gasteiger partial charge is 0.502 e. The Bertz CT molecular complexity index is 459. The van der Waals surface area contributed by atoms with Gasteiger partial charge in [0.1, 0.15) is 0 Å². The van der Waals surface area contributed by atoms with E-state index in [1.165, 1.54) is 0 Å². The van der Waals surface area contributed by atoms with Crippen molar-refractivity contribution >= 4 is 32.6 Å². The van der Waals surface area contributed by atoms with Crippen LogP contribution in [-0.2, 0) is 9.16 Å². The highest BCUT2D eigenvalue weighted by molar-refractivity contribution is 6.50. The smallest absolute Gasteiger partial charge is 0.416 e. The SMILES string of the molecule is C=COC(=O)Nc1ccc(NC(=O)O[Si](C)C)cc1. The van der Waals surface area contributed by atoms with Gasteiger partial charge in [0.2, 0.25) is 0 Å². The number of carbonyl (C=O) groups excluding carboxylic acids is 2. The number of rotatable bonds is 4. The molecule has 0 atom stereocenters. The monoisotopic (exact) mass is 279 g/mol. The van der Waals surface area contributed by atoms with Gasteiger partial charge in [-0.05, 0) is 37.4 Å². The molecular weight excluding hydrogens is 264 g/mol. The molecule has 1 aromatic carbocycles. The third-order valence-corrected chi connectivity index (χ3v) is 2.46. The molecule has 1 aromatic rings. The average molecular weight is 279 g/mol. The van der Waals surface area contributed by atoms with E-state index in [4.69, 9.17) is 4.43 Å². The molecule has 2 N–H and O–H groups in total. The van der Waals surface area contributed by atoms with Crippen molar-refractivity contribution in [2.45, 2.75) is 13.1 Å². The van der Waals surface area contributed by atoms with Gasteiger partial charge in [0.15, 0.2) is 0 Å². The summed E-state index contributed by atoms with van der Waals surface area (Å²) in [5.74, 6) is 0. The summed E-state index contributed by atoms with van der Waals surface area (Å²) in [7, 11) is -1.08. The number of amides is 2. The first-order valence-electron chi connectivity index (χ1n) is 5.49. The topological polar surface area (TPSA) is 76.7 Å². The summed E-state index contributed by atoms with van der Waals surface area (Å²) in [6.07, 6.45) is -0.0688. The molecule has 0 fully saturated rings. The van der Waals surface area contributed by atoms with Crippen LogP contribution in [0.15, 0.2) is 37.1 Å². The van der Waals surface area contributed by atoms with Crippen molar-refractivity contribution in [2.24, 2.45) is 0 Å². The van der Waals surface area contributed by atoms with Crippen LogP contribution >= 0.6 is 0 Å². The Labute approximate surface area is 113 Å². The quantitative estimate of drug-likeness (QED) is 0.655. The molecule has 0 unspecified atom stereocenters. The molecule has 0 saturated heterocycles. The molecule has 1 rings (SSSR count). The van der Waals surface area contributed by atoms with Gasteiger partial charge in [0, 0.05) is 11.4 Å². The number of hydrogen-bond acceptors (Lipinski definition) is 4. The highest BCUT2D eigenvalue weighted by atomic mass is 28.3. The predicted molar refractivity (Wildman–Crippen MR) is 74.3 cm³/mol. The molecule has 7 heteroatoms. The molecule has 0 aliphatic rings. The van der Waals surface area contributed by atoms with E-state index >= 15 is 0 Å². The van der Waals surface area contributed by atoms with Gasteiger partial charge in [0.05, 0.1) is 6.26 Å². The van der Waals surface area contributed by atoms with Crippen LogP contribution in [0.3, 0.4) is 0 Å². The number of ether oxygens (including phenoxy) is 1. The van der Waals surface area contributed by atoms with Gasteiger partial charge in [-0.25, -0.2) is 9.59 Å². The lowest BCUT2D eigenvalue weighted by atomic mass is 10.3. The zero-order chi connectivity index (χ0) is 14.3. The Morgan fingerprint density at radius 3 is 2.00 bits per heavy atom. The Hall–Kier alpha value is -2.28. The maximum absolute atomic E-state index is 11.4. The number of benzene rings is 1. The summed E-state index contributed by atoms with van der Waals surface area (Å²) >= 11 is 0. The van der Waals surface area contributed by atoms with E-state index in [0.717, 1.165) is 6.26 Å². The number of hydrogen-bond donors (Lipinski definition) is 2. The van der Waals surface area contributed by atoms with E-state index in [9.17, 15) is 9.59 Å². The maximum atomic E-state index is 11.4. The summed E-state index contributed by atoms with van der Waals surface area (Å²) in [6.45, 7) is 7.00. The van der Waals surface area contributed by atoms with Crippen molar-refractivity contribution in [1.82, 2.24) is 0 Å².